The number of unbranched alkanes of at least 4 members (excludes halogenated alkanes) is 3. The molecule has 4 heterocycles. The van der Waals surface area contributed by atoms with Gasteiger partial charge in [0.25, 0.3) is 0 Å². The largest absolute Gasteiger partial charge is 0.478 e. The number of pyridine rings is 1. The van der Waals surface area contributed by atoms with E-state index in [-0.39, 0.29) is 11.9 Å². The standard InChI is InChI=1S/C23H27N7O4/c1-15-10-11-18(34-15)21-17-13-25-30(22(17)28-23(24)27-21)14-16-7-6-9-20(26-16)33-12-5-3-2-4-8-19(31)29-32/h6-7,9-11,13,32H,2-5,8,12,14H2,1H3,(H,29,31)(H2,24,27,28). The van der Waals surface area contributed by atoms with Crippen LogP contribution in [0.3, 0.4) is 0 Å². The van der Waals surface area contributed by atoms with Crippen molar-refractivity contribution in [1.82, 2.24) is 30.2 Å². The fraction of sp³-hybridized carbons (Fsp3) is 0.348. The Labute approximate surface area is 195 Å². The van der Waals surface area contributed by atoms with Gasteiger partial charge < -0.3 is 14.9 Å². The number of furan rings is 1. The lowest BCUT2D eigenvalue weighted by Gasteiger charge is -2.08. The number of carbonyl (C=O) groups is 1. The molecule has 4 rings (SSSR count). The topological polar surface area (TPSA) is 154 Å². The van der Waals surface area contributed by atoms with E-state index in [2.05, 4.69) is 20.1 Å². The minimum absolute atomic E-state index is 0.139. The van der Waals surface area contributed by atoms with E-state index in [0.717, 1.165) is 42.5 Å². The summed E-state index contributed by atoms with van der Waals surface area (Å²) < 4.78 is 13.2. The lowest BCUT2D eigenvalue weighted by atomic mass is 10.1. The summed E-state index contributed by atoms with van der Waals surface area (Å²) in [5.41, 5.74) is 9.57. The van der Waals surface area contributed by atoms with Gasteiger partial charge in [-0.15, -0.1) is 0 Å². The number of hydroxylamine groups is 1. The third-order valence-corrected chi connectivity index (χ3v) is 5.25. The highest BCUT2D eigenvalue weighted by atomic mass is 16.5. The zero-order valence-corrected chi connectivity index (χ0v) is 18.9. The average Bonchev–Trinajstić information content (AvgIpc) is 3.44. The number of anilines is 1. The molecule has 0 saturated heterocycles. The molecule has 4 N–H and O–H groups in total. The number of nitrogens with one attached hydrogen (secondary N) is 1. The highest BCUT2D eigenvalue weighted by molar-refractivity contribution is 5.89. The molecule has 11 nitrogen and oxygen atoms in total. The van der Waals surface area contributed by atoms with Gasteiger partial charge in [0.15, 0.2) is 11.4 Å². The first-order valence-corrected chi connectivity index (χ1v) is 11.1. The summed E-state index contributed by atoms with van der Waals surface area (Å²) in [5.74, 6) is 1.71. The summed E-state index contributed by atoms with van der Waals surface area (Å²) in [6.07, 6.45) is 5.42. The number of hydrogen-bond donors (Lipinski definition) is 3. The van der Waals surface area contributed by atoms with Crippen molar-refractivity contribution in [3.8, 4) is 17.3 Å². The highest BCUT2D eigenvalue weighted by Gasteiger charge is 2.16. The van der Waals surface area contributed by atoms with E-state index in [1.807, 2.05) is 37.3 Å². The molecule has 0 aromatic carbocycles. The Morgan fingerprint density at radius 2 is 2.00 bits per heavy atom. The van der Waals surface area contributed by atoms with Gasteiger partial charge in [-0.1, -0.05) is 18.9 Å². The molecule has 11 heteroatoms. The van der Waals surface area contributed by atoms with E-state index in [9.17, 15) is 4.79 Å². The lowest BCUT2D eigenvalue weighted by molar-refractivity contribution is -0.129. The number of amides is 1. The maximum absolute atomic E-state index is 11.0. The van der Waals surface area contributed by atoms with Gasteiger partial charge in [-0.3, -0.25) is 10.0 Å². The highest BCUT2D eigenvalue weighted by Crippen LogP contribution is 2.28. The van der Waals surface area contributed by atoms with Crippen molar-refractivity contribution in [2.24, 2.45) is 0 Å². The first-order valence-electron chi connectivity index (χ1n) is 11.1. The van der Waals surface area contributed by atoms with E-state index in [1.165, 1.54) is 0 Å². The normalized spacial score (nSPS) is 11.1. The fourth-order valence-corrected chi connectivity index (χ4v) is 3.59. The number of rotatable bonds is 11. The molecule has 1 amide bonds. The van der Waals surface area contributed by atoms with E-state index in [1.54, 1.807) is 16.4 Å². The summed E-state index contributed by atoms with van der Waals surface area (Å²) in [4.78, 5) is 24.3. The van der Waals surface area contributed by atoms with Crippen molar-refractivity contribution in [2.45, 2.75) is 45.6 Å². The maximum atomic E-state index is 11.0. The van der Waals surface area contributed by atoms with Crippen molar-refractivity contribution in [2.75, 3.05) is 12.3 Å². The molecule has 178 valence electrons. The monoisotopic (exact) mass is 465 g/mol. The van der Waals surface area contributed by atoms with E-state index in [0.29, 0.717) is 42.6 Å². The maximum Gasteiger partial charge on any atom is 0.243 e. The molecule has 0 aliphatic carbocycles. The number of aromatic nitrogens is 5. The smallest absolute Gasteiger partial charge is 0.243 e. The molecule has 0 unspecified atom stereocenters. The van der Waals surface area contributed by atoms with E-state index < -0.39 is 0 Å². The molecule has 0 atom stereocenters. The van der Waals surface area contributed by atoms with Crippen LogP contribution in [0, 0.1) is 6.92 Å². The third kappa shape index (κ3) is 5.67. The van der Waals surface area contributed by atoms with Crippen LogP contribution in [0.2, 0.25) is 0 Å². The van der Waals surface area contributed by atoms with Crippen LogP contribution < -0.4 is 16.0 Å². The number of nitrogens with zero attached hydrogens (tertiary/aromatic N) is 5. The van der Waals surface area contributed by atoms with Gasteiger partial charge in [0, 0.05) is 12.5 Å². The van der Waals surface area contributed by atoms with Gasteiger partial charge in [0.1, 0.15) is 11.5 Å². The molecule has 0 aliphatic heterocycles. The van der Waals surface area contributed by atoms with Gasteiger partial charge in [-0.2, -0.15) is 10.1 Å². The number of nitrogens with two attached hydrogens (primary N) is 1. The quantitative estimate of drug-likeness (QED) is 0.172. The van der Waals surface area contributed by atoms with E-state index >= 15 is 0 Å². The Morgan fingerprint density at radius 3 is 2.79 bits per heavy atom. The number of fused-ring (bicyclic) bond motifs is 1. The predicted molar refractivity (Wildman–Crippen MR) is 124 cm³/mol. The van der Waals surface area contributed by atoms with Crippen molar-refractivity contribution >= 4 is 22.9 Å². The molecule has 4 aromatic heterocycles. The first kappa shape index (κ1) is 23.2. The number of aryl methyl sites for hydroxylation is 1. The molecular formula is C23H27N7O4. The molecule has 0 saturated carbocycles. The molecular weight excluding hydrogens is 438 g/mol. The zero-order valence-electron chi connectivity index (χ0n) is 18.9. The number of hydrogen-bond acceptors (Lipinski definition) is 9. The van der Waals surface area contributed by atoms with Gasteiger partial charge in [-0.05, 0) is 38.0 Å². The van der Waals surface area contributed by atoms with Crippen LogP contribution in [0.15, 0.2) is 40.9 Å². The lowest BCUT2D eigenvalue weighted by Crippen LogP contribution is -2.17. The SMILES string of the molecule is Cc1ccc(-c2nc(N)nc3c2cnn3Cc2cccc(OCCCCCCC(=O)NO)n2)o1. The van der Waals surface area contributed by atoms with Gasteiger partial charge in [-0.25, -0.2) is 20.1 Å². The third-order valence-electron chi connectivity index (χ3n) is 5.25. The van der Waals surface area contributed by atoms with Crippen LogP contribution in [0.1, 0.15) is 43.6 Å². The molecule has 4 aromatic rings. The molecule has 0 aliphatic rings. The van der Waals surface area contributed by atoms with Crippen molar-refractivity contribution < 1.29 is 19.2 Å². The second kappa shape index (κ2) is 10.8. The van der Waals surface area contributed by atoms with Gasteiger partial charge in [0.2, 0.25) is 17.7 Å². The summed E-state index contributed by atoms with van der Waals surface area (Å²) >= 11 is 0. The number of ether oxygens (including phenoxy) is 1. The minimum atomic E-state index is -0.358. The fourth-order valence-electron chi connectivity index (χ4n) is 3.59. The first-order chi connectivity index (χ1) is 16.5. The summed E-state index contributed by atoms with van der Waals surface area (Å²) in [7, 11) is 0. The summed E-state index contributed by atoms with van der Waals surface area (Å²) in [6, 6.07) is 9.32. The van der Waals surface area contributed by atoms with Crippen molar-refractivity contribution in [1.29, 1.82) is 0 Å². The number of nitrogen functional groups attached to an aromatic ring is 1. The summed E-state index contributed by atoms with van der Waals surface area (Å²) in [6.45, 7) is 2.79. The Balaban J connectivity index is 1.38. The molecule has 0 bridgehead atoms. The Kier molecular flexibility index (Phi) is 7.33. The Hall–Kier alpha value is -3.99. The van der Waals surface area contributed by atoms with Crippen molar-refractivity contribution in [3.05, 3.63) is 48.0 Å². The second-order valence-corrected chi connectivity index (χ2v) is 7.90. The number of carbonyl (C=O) groups excluding carboxylic acids is 1. The van der Waals surface area contributed by atoms with Crippen LogP contribution in [0.25, 0.3) is 22.5 Å². The molecule has 34 heavy (non-hydrogen) atoms. The van der Waals surface area contributed by atoms with Gasteiger partial charge >= 0.3 is 0 Å². The predicted octanol–water partition coefficient (Wildman–Crippen LogP) is 3.25. The van der Waals surface area contributed by atoms with Crippen LogP contribution in [-0.2, 0) is 11.3 Å². The average molecular weight is 466 g/mol. The second-order valence-electron chi connectivity index (χ2n) is 7.90. The van der Waals surface area contributed by atoms with Crippen molar-refractivity contribution in [3.63, 3.8) is 0 Å². The molecule has 0 fully saturated rings. The zero-order chi connectivity index (χ0) is 23.9. The van der Waals surface area contributed by atoms with Crippen LogP contribution in [-0.4, -0.2) is 42.5 Å². The Morgan fingerprint density at radius 1 is 1.15 bits per heavy atom. The van der Waals surface area contributed by atoms with Crippen LogP contribution in [0.5, 0.6) is 5.88 Å². The van der Waals surface area contributed by atoms with E-state index in [4.69, 9.17) is 20.1 Å². The minimum Gasteiger partial charge on any atom is -0.478 e. The molecule has 0 spiro atoms. The molecule has 0 radical (unpaired) electrons. The van der Waals surface area contributed by atoms with Gasteiger partial charge in [0.05, 0.1) is 30.4 Å². The summed E-state index contributed by atoms with van der Waals surface area (Å²) in [5, 5.41) is 13.7. The van der Waals surface area contributed by atoms with Crippen LogP contribution >= 0.6 is 0 Å². The van der Waals surface area contributed by atoms with Crippen LogP contribution in [0.4, 0.5) is 5.95 Å². The Bertz CT molecular complexity index is 1270.